The highest BCUT2D eigenvalue weighted by molar-refractivity contribution is 7.80. The number of pyridine rings is 1. The largest absolute Gasteiger partial charge is 0.464 e. The molecule has 2 fully saturated rings. The molecular weight excluding hydrogens is 306 g/mol. The van der Waals surface area contributed by atoms with Crippen LogP contribution in [0.4, 0.5) is 0 Å². The van der Waals surface area contributed by atoms with E-state index in [-0.39, 0.29) is 12.1 Å². The SMILES string of the molecule is Cc1ccc([C@@H]2[C@H](c3ccccn3)NC(=S)N2C2CCCC2)o1. The van der Waals surface area contributed by atoms with Crippen molar-refractivity contribution in [2.24, 2.45) is 0 Å². The summed E-state index contributed by atoms with van der Waals surface area (Å²) in [5, 5.41) is 4.32. The number of furan rings is 1. The summed E-state index contributed by atoms with van der Waals surface area (Å²) < 4.78 is 5.99. The summed E-state index contributed by atoms with van der Waals surface area (Å²) >= 11 is 5.68. The van der Waals surface area contributed by atoms with Crippen molar-refractivity contribution in [1.82, 2.24) is 15.2 Å². The third-order valence-electron chi connectivity index (χ3n) is 4.91. The van der Waals surface area contributed by atoms with Crippen LogP contribution in [0.25, 0.3) is 0 Å². The molecule has 120 valence electrons. The van der Waals surface area contributed by atoms with Crippen molar-refractivity contribution in [1.29, 1.82) is 0 Å². The average molecular weight is 327 g/mol. The Morgan fingerprint density at radius 2 is 2.04 bits per heavy atom. The van der Waals surface area contributed by atoms with E-state index >= 15 is 0 Å². The van der Waals surface area contributed by atoms with Crippen LogP contribution in [0.3, 0.4) is 0 Å². The van der Waals surface area contributed by atoms with Gasteiger partial charge in [0, 0.05) is 12.2 Å². The fourth-order valence-corrected chi connectivity index (χ4v) is 4.25. The van der Waals surface area contributed by atoms with E-state index in [0.29, 0.717) is 6.04 Å². The minimum absolute atomic E-state index is 0.0369. The molecule has 1 saturated heterocycles. The topological polar surface area (TPSA) is 41.3 Å². The zero-order chi connectivity index (χ0) is 15.8. The van der Waals surface area contributed by atoms with Gasteiger partial charge in [-0.1, -0.05) is 18.9 Å². The number of hydrogen-bond acceptors (Lipinski definition) is 3. The average Bonchev–Trinajstić information content (AvgIpc) is 3.27. The van der Waals surface area contributed by atoms with E-state index in [1.165, 1.54) is 25.7 Å². The van der Waals surface area contributed by atoms with Crippen LogP contribution in [0.1, 0.15) is 55.0 Å². The lowest BCUT2D eigenvalue weighted by Gasteiger charge is -2.31. The van der Waals surface area contributed by atoms with E-state index in [1.807, 2.05) is 31.3 Å². The quantitative estimate of drug-likeness (QED) is 0.866. The normalized spacial score (nSPS) is 25.1. The van der Waals surface area contributed by atoms with Crippen LogP contribution in [0.2, 0.25) is 0 Å². The molecule has 1 N–H and O–H groups in total. The number of nitrogens with one attached hydrogen (secondary N) is 1. The molecule has 0 radical (unpaired) electrons. The summed E-state index contributed by atoms with van der Waals surface area (Å²) in [6, 6.07) is 10.7. The first-order valence-corrected chi connectivity index (χ1v) is 8.71. The van der Waals surface area contributed by atoms with Crippen LogP contribution in [-0.2, 0) is 0 Å². The molecule has 0 spiro atoms. The molecule has 4 rings (SSSR count). The number of rotatable bonds is 3. The molecule has 0 amide bonds. The Labute approximate surface area is 141 Å². The van der Waals surface area contributed by atoms with Crippen molar-refractivity contribution in [3.63, 3.8) is 0 Å². The van der Waals surface area contributed by atoms with Gasteiger partial charge in [0.15, 0.2) is 5.11 Å². The number of thiocarbonyl (C=S) groups is 1. The molecule has 5 heteroatoms. The molecule has 23 heavy (non-hydrogen) atoms. The third-order valence-corrected chi connectivity index (χ3v) is 5.23. The molecule has 1 aliphatic carbocycles. The van der Waals surface area contributed by atoms with Gasteiger partial charge in [-0.15, -0.1) is 0 Å². The summed E-state index contributed by atoms with van der Waals surface area (Å²) in [7, 11) is 0. The Morgan fingerprint density at radius 3 is 2.70 bits per heavy atom. The van der Waals surface area contributed by atoms with Gasteiger partial charge in [0.1, 0.15) is 17.6 Å². The van der Waals surface area contributed by atoms with E-state index in [4.69, 9.17) is 16.6 Å². The van der Waals surface area contributed by atoms with Gasteiger partial charge in [-0.25, -0.2) is 0 Å². The van der Waals surface area contributed by atoms with E-state index in [9.17, 15) is 0 Å². The van der Waals surface area contributed by atoms with Crippen LogP contribution in [0.5, 0.6) is 0 Å². The molecule has 1 aliphatic heterocycles. The summed E-state index contributed by atoms with van der Waals surface area (Å²) in [5.74, 6) is 1.90. The Bertz CT molecular complexity index is 693. The lowest BCUT2D eigenvalue weighted by molar-refractivity contribution is 0.215. The lowest BCUT2D eigenvalue weighted by atomic mass is 10.0. The van der Waals surface area contributed by atoms with Crippen molar-refractivity contribution in [2.75, 3.05) is 0 Å². The molecule has 0 bridgehead atoms. The molecule has 2 atom stereocenters. The maximum Gasteiger partial charge on any atom is 0.170 e. The summed E-state index contributed by atoms with van der Waals surface area (Å²) in [4.78, 5) is 6.91. The van der Waals surface area contributed by atoms with Crippen LogP contribution < -0.4 is 5.32 Å². The first-order valence-electron chi connectivity index (χ1n) is 8.30. The van der Waals surface area contributed by atoms with Crippen molar-refractivity contribution < 1.29 is 4.42 Å². The Morgan fingerprint density at radius 1 is 1.22 bits per heavy atom. The van der Waals surface area contributed by atoms with Gasteiger partial charge in [0.2, 0.25) is 0 Å². The molecular formula is C18H21N3OS. The van der Waals surface area contributed by atoms with Gasteiger partial charge < -0.3 is 14.6 Å². The van der Waals surface area contributed by atoms with Gasteiger partial charge in [0.25, 0.3) is 0 Å². The first kappa shape index (κ1) is 14.7. The fraction of sp³-hybridized carbons (Fsp3) is 0.444. The molecule has 0 aromatic carbocycles. The van der Waals surface area contributed by atoms with E-state index < -0.39 is 0 Å². The van der Waals surface area contributed by atoms with Crippen molar-refractivity contribution in [3.05, 3.63) is 53.7 Å². The zero-order valence-corrected chi connectivity index (χ0v) is 14.1. The number of aryl methyl sites for hydroxylation is 1. The maximum absolute atomic E-state index is 5.99. The van der Waals surface area contributed by atoms with Gasteiger partial charge in [-0.05, 0) is 56.2 Å². The van der Waals surface area contributed by atoms with E-state index in [1.54, 1.807) is 0 Å². The second-order valence-corrected chi connectivity index (χ2v) is 6.81. The molecule has 0 unspecified atom stereocenters. The third kappa shape index (κ3) is 2.63. The second-order valence-electron chi connectivity index (χ2n) is 6.42. The number of aromatic nitrogens is 1. The minimum Gasteiger partial charge on any atom is -0.464 e. The number of nitrogens with zero attached hydrogens (tertiary/aromatic N) is 2. The zero-order valence-electron chi connectivity index (χ0n) is 13.2. The molecule has 2 aliphatic rings. The smallest absolute Gasteiger partial charge is 0.170 e. The predicted molar refractivity (Wildman–Crippen MR) is 93.0 cm³/mol. The van der Waals surface area contributed by atoms with Crippen LogP contribution in [0, 0.1) is 6.92 Å². The first-order chi connectivity index (χ1) is 11.2. The molecule has 2 aromatic heterocycles. The minimum atomic E-state index is 0.0369. The highest BCUT2D eigenvalue weighted by Gasteiger charge is 2.45. The van der Waals surface area contributed by atoms with Crippen molar-refractivity contribution in [2.45, 2.75) is 50.7 Å². The number of hydrogen-bond donors (Lipinski definition) is 1. The van der Waals surface area contributed by atoms with Crippen molar-refractivity contribution in [3.8, 4) is 0 Å². The Hall–Kier alpha value is -1.88. The summed E-state index contributed by atoms with van der Waals surface area (Å²) in [5.41, 5.74) is 1.01. The van der Waals surface area contributed by atoms with Crippen molar-refractivity contribution >= 4 is 17.3 Å². The van der Waals surface area contributed by atoms with Crippen LogP contribution >= 0.6 is 12.2 Å². The van der Waals surface area contributed by atoms with Gasteiger partial charge >= 0.3 is 0 Å². The van der Waals surface area contributed by atoms with Crippen LogP contribution in [-0.4, -0.2) is 21.0 Å². The van der Waals surface area contributed by atoms with E-state index in [0.717, 1.165) is 22.3 Å². The summed E-state index contributed by atoms with van der Waals surface area (Å²) in [6.45, 7) is 1.99. The summed E-state index contributed by atoms with van der Waals surface area (Å²) in [6.07, 6.45) is 6.80. The fourth-order valence-electron chi connectivity index (χ4n) is 3.86. The molecule has 4 nitrogen and oxygen atoms in total. The monoisotopic (exact) mass is 327 g/mol. The van der Waals surface area contributed by atoms with Gasteiger partial charge in [0.05, 0.1) is 11.7 Å². The molecule has 3 heterocycles. The highest BCUT2D eigenvalue weighted by Crippen LogP contribution is 2.43. The van der Waals surface area contributed by atoms with E-state index in [2.05, 4.69) is 27.3 Å². The molecule has 1 saturated carbocycles. The van der Waals surface area contributed by atoms with Gasteiger partial charge in [-0.3, -0.25) is 4.98 Å². The maximum atomic E-state index is 5.99. The predicted octanol–water partition coefficient (Wildman–Crippen LogP) is 3.90. The second kappa shape index (κ2) is 5.96. The van der Waals surface area contributed by atoms with Crippen LogP contribution in [0.15, 0.2) is 40.9 Å². The standard InChI is InChI=1S/C18H21N3OS/c1-12-9-10-15(22-12)17-16(14-8-4-5-11-19-14)20-18(23)21(17)13-6-2-3-7-13/h4-5,8-11,13,16-17H,2-3,6-7H2,1H3,(H,20,23)/t16-,17+/m0/s1. The van der Waals surface area contributed by atoms with Gasteiger partial charge in [-0.2, -0.15) is 0 Å². The Balaban J connectivity index is 1.75. The Kier molecular flexibility index (Phi) is 3.81. The molecule has 2 aromatic rings. The highest BCUT2D eigenvalue weighted by atomic mass is 32.1. The lowest BCUT2D eigenvalue weighted by Crippen LogP contribution is -2.37.